The summed E-state index contributed by atoms with van der Waals surface area (Å²) >= 11 is 0. The second-order valence-corrected chi connectivity index (χ2v) is 7.69. The lowest BCUT2D eigenvalue weighted by Gasteiger charge is -2.24. The zero-order valence-corrected chi connectivity index (χ0v) is 16.6. The number of aromatic nitrogens is 2. The van der Waals surface area contributed by atoms with Gasteiger partial charge in [0.15, 0.2) is 5.82 Å². The minimum Gasteiger partial charge on any atom is -0.339 e. The standard InChI is InChI=1S/C21H30N4O2/c1-4-25(14-19-23-20(27-24-19)11-15(2)3)21(26)17-8-5-7-16(12-17)18-9-6-10-22-13-18/h5,7-8,12,15,18,22H,4,6,9-11,13-14H2,1-3H3. The van der Waals surface area contributed by atoms with Crippen molar-refractivity contribution in [3.63, 3.8) is 0 Å². The highest BCUT2D eigenvalue weighted by Crippen LogP contribution is 2.24. The maximum atomic E-state index is 13.0. The molecule has 1 N–H and O–H groups in total. The van der Waals surface area contributed by atoms with Gasteiger partial charge in [0.25, 0.3) is 5.91 Å². The highest BCUT2D eigenvalue weighted by Gasteiger charge is 2.20. The van der Waals surface area contributed by atoms with Gasteiger partial charge in [-0.15, -0.1) is 0 Å². The molecule has 6 heteroatoms. The normalized spacial score (nSPS) is 17.3. The van der Waals surface area contributed by atoms with Gasteiger partial charge in [-0.05, 0) is 55.8 Å². The van der Waals surface area contributed by atoms with E-state index in [-0.39, 0.29) is 5.91 Å². The summed E-state index contributed by atoms with van der Waals surface area (Å²) in [6.07, 6.45) is 3.11. The summed E-state index contributed by atoms with van der Waals surface area (Å²) in [5.74, 6) is 2.15. The predicted molar refractivity (Wildman–Crippen MR) is 105 cm³/mol. The summed E-state index contributed by atoms with van der Waals surface area (Å²) in [6.45, 7) is 9.23. The molecule has 27 heavy (non-hydrogen) atoms. The molecule has 6 nitrogen and oxygen atoms in total. The van der Waals surface area contributed by atoms with E-state index in [2.05, 4.69) is 35.4 Å². The maximum absolute atomic E-state index is 13.0. The number of hydrogen-bond acceptors (Lipinski definition) is 5. The van der Waals surface area contributed by atoms with Gasteiger partial charge in [-0.1, -0.05) is 31.1 Å². The van der Waals surface area contributed by atoms with Gasteiger partial charge in [0, 0.05) is 25.1 Å². The molecule has 0 radical (unpaired) electrons. The number of nitrogens with zero attached hydrogens (tertiary/aromatic N) is 3. The third-order valence-corrected chi connectivity index (χ3v) is 5.00. The predicted octanol–water partition coefficient (Wildman–Crippen LogP) is 3.40. The van der Waals surface area contributed by atoms with Gasteiger partial charge in [0.05, 0.1) is 6.54 Å². The van der Waals surface area contributed by atoms with E-state index in [1.165, 1.54) is 18.4 Å². The molecule has 3 rings (SSSR count). The Labute approximate surface area is 161 Å². The van der Waals surface area contributed by atoms with Crippen molar-refractivity contribution in [2.24, 2.45) is 5.92 Å². The number of carbonyl (C=O) groups is 1. The van der Waals surface area contributed by atoms with E-state index in [1.54, 1.807) is 4.90 Å². The zero-order valence-electron chi connectivity index (χ0n) is 16.6. The van der Waals surface area contributed by atoms with Gasteiger partial charge in [-0.3, -0.25) is 4.79 Å². The minimum absolute atomic E-state index is 0.0123. The molecule has 1 aliphatic rings. The Morgan fingerprint density at radius 1 is 1.41 bits per heavy atom. The number of nitrogens with one attached hydrogen (secondary N) is 1. The molecule has 0 spiro atoms. The largest absolute Gasteiger partial charge is 0.339 e. The molecule has 1 saturated heterocycles. The first-order valence-electron chi connectivity index (χ1n) is 9.98. The van der Waals surface area contributed by atoms with Crippen molar-refractivity contribution in [1.82, 2.24) is 20.4 Å². The van der Waals surface area contributed by atoms with E-state index in [0.29, 0.717) is 36.6 Å². The quantitative estimate of drug-likeness (QED) is 0.809. The summed E-state index contributed by atoms with van der Waals surface area (Å²) in [5.41, 5.74) is 1.97. The minimum atomic E-state index is 0.0123. The first kappa shape index (κ1) is 19.5. The topological polar surface area (TPSA) is 71.3 Å². The zero-order chi connectivity index (χ0) is 19.2. The van der Waals surface area contributed by atoms with E-state index < -0.39 is 0 Å². The molecule has 1 fully saturated rings. The SMILES string of the molecule is CCN(Cc1noc(CC(C)C)n1)C(=O)c1cccc(C2CCCNC2)c1. The van der Waals surface area contributed by atoms with E-state index in [0.717, 1.165) is 25.1 Å². The summed E-state index contributed by atoms with van der Waals surface area (Å²) in [4.78, 5) is 19.2. The molecule has 146 valence electrons. The second-order valence-electron chi connectivity index (χ2n) is 7.69. The lowest BCUT2D eigenvalue weighted by atomic mass is 9.90. The summed E-state index contributed by atoms with van der Waals surface area (Å²) < 4.78 is 5.30. The van der Waals surface area contributed by atoms with Crippen LogP contribution < -0.4 is 5.32 Å². The van der Waals surface area contributed by atoms with Crippen LogP contribution in [0.5, 0.6) is 0 Å². The molecule has 1 unspecified atom stereocenters. The summed E-state index contributed by atoms with van der Waals surface area (Å²) in [6, 6.07) is 8.05. The van der Waals surface area contributed by atoms with E-state index in [1.807, 2.05) is 25.1 Å². The Balaban J connectivity index is 1.70. The average Bonchev–Trinajstić information content (AvgIpc) is 3.12. The van der Waals surface area contributed by atoms with Crippen LogP contribution in [0.25, 0.3) is 0 Å². The van der Waals surface area contributed by atoms with Gasteiger partial charge in [0.1, 0.15) is 0 Å². The Bertz CT molecular complexity index is 750. The molecule has 0 aliphatic carbocycles. The number of piperidine rings is 1. The first-order chi connectivity index (χ1) is 13.1. The molecule has 1 amide bonds. The van der Waals surface area contributed by atoms with Crippen molar-refractivity contribution in [3.05, 3.63) is 47.1 Å². The molecule has 1 aromatic heterocycles. The van der Waals surface area contributed by atoms with Crippen LogP contribution in [0.2, 0.25) is 0 Å². The van der Waals surface area contributed by atoms with Crippen LogP contribution in [0.15, 0.2) is 28.8 Å². The highest BCUT2D eigenvalue weighted by atomic mass is 16.5. The van der Waals surface area contributed by atoms with Crippen molar-refractivity contribution in [2.75, 3.05) is 19.6 Å². The van der Waals surface area contributed by atoms with Crippen molar-refractivity contribution >= 4 is 5.91 Å². The fourth-order valence-corrected chi connectivity index (χ4v) is 3.53. The van der Waals surface area contributed by atoms with Crippen molar-refractivity contribution in [2.45, 2.75) is 52.5 Å². The van der Waals surface area contributed by atoms with Gasteiger partial charge in [0.2, 0.25) is 5.89 Å². The molecule has 1 aliphatic heterocycles. The third kappa shape index (κ3) is 5.16. The Morgan fingerprint density at radius 2 is 2.26 bits per heavy atom. The van der Waals surface area contributed by atoms with Gasteiger partial charge in [-0.25, -0.2) is 0 Å². The van der Waals surface area contributed by atoms with Crippen LogP contribution >= 0.6 is 0 Å². The van der Waals surface area contributed by atoms with Crippen LogP contribution in [-0.4, -0.2) is 40.6 Å². The monoisotopic (exact) mass is 370 g/mol. The molecule has 2 heterocycles. The fraction of sp³-hybridized carbons (Fsp3) is 0.571. The summed E-state index contributed by atoms with van der Waals surface area (Å²) in [7, 11) is 0. The first-order valence-corrected chi connectivity index (χ1v) is 9.98. The van der Waals surface area contributed by atoms with Crippen LogP contribution in [0.4, 0.5) is 0 Å². The number of benzene rings is 1. The molecular formula is C21H30N4O2. The van der Waals surface area contributed by atoms with Crippen LogP contribution in [-0.2, 0) is 13.0 Å². The van der Waals surface area contributed by atoms with E-state index >= 15 is 0 Å². The third-order valence-electron chi connectivity index (χ3n) is 5.00. The van der Waals surface area contributed by atoms with E-state index in [9.17, 15) is 4.79 Å². The molecular weight excluding hydrogens is 340 g/mol. The van der Waals surface area contributed by atoms with Crippen LogP contribution in [0.1, 0.15) is 67.2 Å². The maximum Gasteiger partial charge on any atom is 0.254 e. The highest BCUT2D eigenvalue weighted by molar-refractivity contribution is 5.94. The Kier molecular flexibility index (Phi) is 6.61. The smallest absolute Gasteiger partial charge is 0.254 e. The molecule has 0 saturated carbocycles. The van der Waals surface area contributed by atoms with Crippen molar-refractivity contribution in [3.8, 4) is 0 Å². The fourth-order valence-electron chi connectivity index (χ4n) is 3.53. The van der Waals surface area contributed by atoms with Crippen LogP contribution in [0, 0.1) is 5.92 Å². The second kappa shape index (κ2) is 9.13. The van der Waals surface area contributed by atoms with Crippen molar-refractivity contribution in [1.29, 1.82) is 0 Å². The number of hydrogen-bond donors (Lipinski definition) is 1. The number of carbonyl (C=O) groups excluding carboxylic acids is 1. The average molecular weight is 370 g/mol. The van der Waals surface area contributed by atoms with Crippen molar-refractivity contribution < 1.29 is 9.32 Å². The lowest BCUT2D eigenvalue weighted by Crippen LogP contribution is -2.31. The molecule has 2 aromatic rings. The molecule has 1 aromatic carbocycles. The number of amides is 1. The summed E-state index contributed by atoms with van der Waals surface area (Å²) in [5, 5.41) is 7.48. The molecule has 0 bridgehead atoms. The number of rotatable bonds is 7. The van der Waals surface area contributed by atoms with Gasteiger partial charge in [-0.2, -0.15) is 4.98 Å². The van der Waals surface area contributed by atoms with Gasteiger partial charge < -0.3 is 14.7 Å². The Hall–Kier alpha value is -2.21. The Morgan fingerprint density at radius 3 is 2.96 bits per heavy atom. The van der Waals surface area contributed by atoms with Gasteiger partial charge >= 0.3 is 0 Å². The molecule has 1 atom stereocenters. The van der Waals surface area contributed by atoms with E-state index in [4.69, 9.17) is 4.52 Å². The van der Waals surface area contributed by atoms with Crippen LogP contribution in [0.3, 0.4) is 0 Å². The lowest BCUT2D eigenvalue weighted by molar-refractivity contribution is 0.0747.